The minimum Gasteiger partial charge on any atom is -0.494 e. The first-order chi connectivity index (χ1) is 9.47. The van der Waals surface area contributed by atoms with Gasteiger partial charge in [0.1, 0.15) is 5.75 Å². The van der Waals surface area contributed by atoms with Crippen LogP contribution in [0, 0.1) is 5.92 Å². The number of para-hydroxylation sites is 1. The molecule has 2 N–H and O–H groups in total. The topological polar surface area (TPSA) is 38.5 Å². The molecule has 0 radical (unpaired) electrons. The molecule has 3 heteroatoms. The highest BCUT2D eigenvalue weighted by Crippen LogP contribution is 2.28. The van der Waals surface area contributed by atoms with Gasteiger partial charge in [-0.3, -0.25) is 4.90 Å². The van der Waals surface area contributed by atoms with E-state index >= 15 is 0 Å². The van der Waals surface area contributed by atoms with Gasteiger partial charge in [-0.15, -0.1) is 0 Å². The highest BCUT2D eigenvalue weighted by Gasteiger charge is 2.17. The Labute approximate surface area is 124 Å². The third-order valence-electron chi connectivity index (χ3n) is 4.00. The first-order valence-electron chi connectivity index (χ1n) is 7.64. The summed E-state index contributed by atoms with van der Waals surface area (Å²) in [5, 5.41) is 0. The summed E-state index contributed by atoms with van der Waals surface area (Å²) >= 11 is 0. The van der Waals surface area contributed by atoms with E-state index in [0.29, 0.717) is 18.6 Å². The number of nitrogens with zero attached hydrogens (tertiary/aromatic N) is 1. The summed E-state index contributed by atoms with van der Waals surface area (Å²) < 4.78 is 5.72. The van der Waals surface area contributed by atoms with Crippen LogP contribution in [0.4, 0.5) is 0 Å². The summed E-state index contributed by atoms with van der Waals surface area (Å²) in [5.41, 5.74) is 7.38. The fourth-order valence-corrected chi connectivity index (χ4v) is 2.23. The van der Waals surface area contributed by atoms with Gasteiger partial charge in [0, 0.05) is 17.6 Å². The average molecular weight is 278 g/mol. The van der Waals surface area contributed by atoms with Gasteiger partial charge in [-0.25, -0.2) is 0 Å². The summed E-state index contributed by atoms with van der Waals surface area (Å²) in [6.07, 6.45) is 1.02. The fourth-order valence-electron chi connectivity index (χ4n) is 2.23. The summed E-state index contributed by atoms with van der Waals surface area (Å²) in [6.45, 7) is 10.3. The Kier molecular flexibility index (Phi) is 7.03. The molecule has 0 bridgehead atoms. The molecular formula is C17H30N2O. The zero-order valence-corrected chi connectivity index (χ0v) is 13.6. The fraction of sp³-hybridized carbons (Fsp3) is 0.647. The van der Waals surface area contributed by atoms with E-state index in [-0.39, 0.29) is 6.04 Å². The Bertz CT molecular complexity index is 392. The van der Waals surface area contributed by atoms with Crippen molar-refractivity contribution in [3.63, 3.8) is 0 Å². The molecule has 0 fully saturated rings. The maximum atomic E-state index is 6.13. The van der Waals surface area contributed by atoms with Crippen LogP contribution in [-0.2, 0) is 0 Å². The maximum absolute atomic E-state index is 6.13. The van der Waals surface area contributed by atoms with Gasteiger partial charge in [0.05, 0.1) is 6.61 Å². The molecule has 1 rings (SSSR count). The van der Waals surface area contributed by atoms with Crippen molar-refractivity contribution in [3.8, 4) is 5.75 Å². The molecule has 0 saturated carbocycles. The zero-order chi connectivity index (χ0) is 15.1. The minimum absolute atomic E-state index is 0.270. The van der Waals surface area contributed by atoms with Crippen molar-refractivity contribution < 1.29 is 4.74 Å². The predicted molar refractivity (Wildman–Crippen MR) is 86.1 cm³/mol. The largest absolute Gasteiger partial charge is 0.494 e. The van der Waals surface area contributed by atoms with E-state index in [4.69, 9.17) is 10.5 Å². The zero-order valence-electron chi connectivity index (χ0n) is 13.6. The third kappa shape index (κ3) is 4.80. The monoisotopic (exact) mass is 278 g/mol. The van der Waals surface area contributed by atoms with E-state index in [1.54, 1.807) is 0 Å². The van der Waals surface area contributed by atoms with Gasteiger partial charge >= 0.3 is 0 Å². The van der Waals surface area contributed by atoms with Crippen LogP contribution in [0.25, 0.3) is 0 Å². The lowest BCUT2D eigenvalue weighted by Gasteiger charge is -2.28. The molecule has 0 aliphatic carbocycles. The second-order valence-corrected chi connectivity index (χ2v) is 5.82. The van der Waals surface area contributed by atoms with E-state index in [1.165, 1.54) is 5.56 Å². The second-order valence-electron chi connectivity index (χ2n) is 5.82. The molecular weight excluding hydrogens is 248 g/mol. The molecule has 20 heavy (non-hydrogen) atoms. The van der Waals surface area contributed by atoms with Gasteiger partial charge in [-0.1, -0.05) is 32.0 Å². The minimum atomic E-state index is 0.270. The molecule has 2 unspecified atom stereocenters. The lowest BCUT2D eigenvalue weighted by atomic mass is 10.0. The van der Waals surface area contributed by atoms with E-state index in [0.717, 1.165) is 18.7 Å². The first kappa shape index (κ1) is 17.0. The lowest BCUT2D eigenvalue weighted by Crippen LogP contribution is -2.33. The van der Waals surface area contributed by atoms with Crippen molar-refractivity contribution in [1.82, 2.24) is 4.90 Å². The first-order valence-corrected chi connectivity index (χ1v) is 7.64. The molecule has 1 aromatic rings. The molecule has 0 heterocycles. The second kappa shape index (κ2) is 8.28. The number of ether oxygens (including phenoxy) is 1. The van der Waals surface area contributed by atoms with Crippen LogP contribution in [-0.4, -0.2) is 31.1 Å². The van der Waals surface area contributed by atoms with Gasteiger partial charge in [-0.05, 0) is 45.8 Å². The standard InChI is InChI=1S/C17H30N2O/c1-6-20-17-10-8-7-9-15(17)14(4)19(5)12-11-16(18)13(2)3/h7-10,13-14,16H,6,11-12,18H2,1-5H3. The number of rotatable bonds is 8. The number of benzene rings is 1. The van der Waals surface area contributed by atoms with Gasteiger partial charge in [0.25, 0.3) is 0 Å². The Hall–Kier alpha value is -1.06. The van der Waals surface area contributed by atoms with Crippen molar-refractivity contribution >= 4 is 0 Å². The highest BCUT2D eigenvalue weighted by atomic mass is 16.5. The van der Waals surface area contributed by atoms with Gasteiger partial charge in [-0.2, -0.15) is 0 Å². The van der Waals surface area contributed by atoms with Crippen molar-refractivity contribution in [1.29, 1.82) is 0 Å². The van der Waals surface area contributed by atoms with Crippen molar-refractivity contribution in [2.45, 2.75) is 46.2 Å². The number of hydrogen-bond acceptors (Lipinski definition) is 3. The summed E-state index contributed by atoms with van der Waals surface area (Å²) in [4.78, 5) is 2.35. The smallest absolute Gasteiger partial charge is 0.124 e. The van der Waals surface area contributed by atoms with Crippen LogP contribution in [0.2, 0.25) is 0 Å². The number of hydrogen-bond donors (Lipinski definition) is 1. The maximum Gasteiger partial charge on any atom is 0.124 e. The van der Waals surface area contributed by atoms with Crippen LogP contribution in [0.1, 0.15) is 45.7 Å². The average Bonchev–Trinajstić information content (AvgIpc) is 2.44. The SMILES string of the molecule is CCOc1ccccc1C(C)N(C)CCC(N)C(C)C. The molecule has 0 spiro atoms. The van der Waals surface area contributed by atoms with Crippen LogP contribution in [0.15, 0.2) is 24.3 Å². The molecule has 1 aromatic carbocycles. The molecule has 2 atom stereocenters. The van der Waals surface area contributed by atoms with Crippen molar-refractivity contribution in [2.75, 3.05) is 20.2 Å². The van der Waals surface area contributed by atoms with E-state index < -0.39 is 0 Å². The molecule has 0 amide bonds. The van der Waals surface area contributed by atoms with Gasteiger partial charge < -0.3 is 10.5 Å². The summed E-state index contributed by atoms with van der Waals surface area (Å²) in [6, 6.07) is 8.89. The normalized spacial score (nSPS) is 14.6. The summed E-state index contributed by atoms with van der Waals surface area (Å²) in [5.74, 6) is 1.52. The molecule has 0 aromatic heterocycles. The van der Waals surface area contributed by atoms with Gasteiger partial charge in [0.2, 0.25) is 0 Å². The molecule has 0 aliphatic heterocycles. The van der Waals surface area contributed by atoms with Crippen LogP contribution in [0.3, 0.4) is 0 Å². The third-order valence-corrected chi connectivity index (χ3v) is 4.00. The van der Waals surface area contributed by atoms with Gasteiger partial charge in [0.15, 0.2) is 0 Å². The van der Waals surface area contributed by atoms with E-state index in [9.17, 15) is 0 Å². The Morgan fingerprint density at radius 2 is 1.85 bits per heavy atom. The Morgan fingerprint density at radius 3 is 2.45 bits per heavy atom. The van der Waals surface area contributed by atoms with Crippen LogP contribution >= 0.6 is 0 Å². The molecule has 114 valence electrons. The quantitative estimate of drug-likeness (QED) is 0.791. The van der Waals surface area contributed by atoms with E-state index in [2.05, 4.69) is 44.9 Å². The number of nitrogens with two attached hydrogens (primary N) is 1. The molecule has 0 saturated heterocycles. The predicted octanol–water partition coefficient (Wildman–Crippen LogP) is 3.45. The van der Waals surface area contributed by atoms with Crippen LogP contribution < -0.4 is 10.5 Å². The Morgan fingerprint density at radius 1 is 1.20 bits per heavy atom. The van der Waals surface area contributed by atoms with Crippen molar-refractivity contribution in [2.24, 2.45) is 11.7 Å². The highest BCUT2D eigenvalue weighted by molar-refractivity contribution is 5.35. The molecule has 3 nitrogen and oxygen atoms in total. The lowest BCUT2D eigenvalue weighted by molar-refractivity contribution is 0.235. The Balaban J connectivity index is 2.66. The van der Waals surface area contributed by atoms with Crippen LogP contribution in [0.5, 0.6) is 5.75 Å². The molecule has 0 aliphatic rings. The van der Waals surface area contributed by atoms with E-state index in [1.807, 2.05) is 19.1 Å². The van der Waals surface area contributed by atoms with Crippen molar-refractivity contribution in [3.05, 3.63) is 29.8 Å². The summed E-state index contributed by atoms with van der Waals surface area (Å²) in [7, 11) is 2.15.